The van der Waals surface area contributed by atoms with Gasteiger partial charge in [0.25, 0.3) is 0 Å². The largest absolute Gasteiger partial charge is 0.444 e. The van der Waals surface area contributed by atoms with E-state index in [-0.39, 0.29) is 5.91 Å². The Morgan fingerprint density at radius 2 is 1.82 bits per heavy atom. The number of amides is 2. The molecule has 0 saturated heterocycles. The summed E-state index contributed by atoms with van der Waals surface area (Å²) in [6, 6.07) is 8.53. The van der Waals surface area contributed by atoms with Crippen LogP contribution in [0.4, 0.5) is 10.5 Å². The number of pyridine rings is 1. The SMILES string of the molecule is Cc1ccc(C)c(Oc2ccc(NC(=O)[C@@H](C)NC(=O)OC(C)(C)C)cn2)c1. The first-order valence-corrected chi connectivity index (χ1v) is 9.05. The fourth-order valence-corrected chi connectivity index (χ4v) is 2.24. The number of aryl methyl sites for hydroxylation is 2. The molecule has 1 aromatic carbocycles. The number of hydrogen-bond donors (Lipinski definition) is 2. The van der Waals surface area contributed by atoms with E-state index in [9.17, 15) is 9.59 Å². The molecule has 0 aliphatic rings. The minimum absolute atomic E-state index is 0.379. The molecule has 0 bridgehead atoms. The summed E-state index contributed by atoms with van der Waals surface area (Å²) in [4.78, 5) is 28.2. The van der Waals surface area contributed by atoms with Crippen molar-refractivity contribution >= 4 is 17.7 Å². The number of benzene rings is 1. The van der Waals surface area contributed by atoms with Gasteiger partial charge in [0, 0.05) is 6.07 Å². The lowest BCUT2D eigenvalue weighted by Gasteiger charge is -2.21. The standard InChI is InChI=1S/C21H27N3O4/c1-13-7-8-14(2)17(11-13)27-18-10-9-16(12-22-18)24-19(25)15(3)23-20(26)28-21(4,5)6/h7-12,15H,1-6H3,(H,23,26)(H,24,25)/t15-/m1/s1. The van der Waals surface area contributed by atoms with Crippen molar-refractivity contribution in [1.29, 1.82) is 0 Å². The van der Waals surface area contributed by atoms with Crippen LogP contribution in [0.25, 0.3) is 0 Å². The molecule has 2 N–H and O–H groups in total. The average Bonchev–Trinajstić information content (AvgIpc) is 2.58. The van der Waals surface area contributed by atoms with Gasteiger partial charge < -0.3 is 20.1 Å². The van der Waals surface area contributed by atoms with Crippen molar-refractivity contribution < 1.29 is 19.1 Å². The highest BCUT2D eigenvalue weighted by Gasteiger charge is 2.21. The zero-order chi connectivity index (χ0) is 20.9. The molecular formula is C21H27N3O4. The third-order valence-corrected chi connectivity index (χ3v) is 3.69. The maximum Gasteiger partial charge on any atom is 0.408 e. The molecule has 2 aromatic rings. The quantitative estimate of drug-likeness (QED) is 0.799. The van der Waals surface area contributed by atoms with E-state index in [4.69, 9.17) is 9.47 Å². The number of nitrogens with one attached hydrogen (secondary N) is 2. The molecule has 0 unspecified atom stereocenters. The summed E-state index contributed by atoms with van der Waals surface area (Å²) >= 11 is 0. The highest BCUT2D eigenvalue weighted by atomic mass is 16.6. The topological polar surface area (TPSA) is 89.6 Å². The number of carbonyl (C=O) groups excluding carboxylic acids is 2. The van der Waals surface area contributed by atoms with Crippen LogP contribution in [0.5, 0.6) is 11.6 Å². The van der Waals surface area contributed by atoms with E-state index in [0.29, 0.717) is 11.6 Å². The summed E-state index contributed by atoms with van der Waals surface area (Å²) < 4.78 is 10.9. The number of hydrogen-bond acceptors (Lipinski definition) is 5. The van der Waals surface area contributed by atoms with Crippen LogP contribution in [0.3, 0.4) is 0 Å². The van der Waals surface area contributed by atoms with Gasteiger partial charge in [-0.2, -0.15) is 0 Å². The van der Waals surface area contributed by atoms with E-state index in [1.54, 1.807) is 39.8 Å². The molecule has 0 saturated carbocycles. The molecule has 1 aromatic heterocycles. The van der Waals surface area contributed by atoms with Gasteiger partial charge in [-0.1, -0.05) is 12.1 Å². The van der Waals surface area contributed by atoms with Crippen LogP contribution in [0.1, 0.15) is 38.8 Å². The van der Waals surface area contributed by atoms with E-state index in [1.807, 2.05) is 32.0 Å². The van der Waals surface area contributed by atoms with E-state index in [1.165, 1.54) is 6.20 Å². The van der Waals surface area contributed by atoms with E-state index in [2.05, 4.69) is 15.6 Å². The Morgan fingerprint density at radius 1 is 1.11 bits per heavy atom. The Morgan fingerprint density at radius 3 is 2.43 bits per heavy atom. The number of carbonyl (C=O) groups is 2. The lowest BCUT2D eigenvalue weighted by atomic mass is 10.1. The summed E-state index contributed by atoms with van der Waals surface area (Å²) in [5.41, 5.74) is 1.97. The molecule has 0 radical (unpaired) electrons. The summed E-state index contributed by atoms with van der Waals surface area (Å²) in [6.07, 6.45) is 0.851. The first-order valence-electron chi connectivity index (χ1n) is 9.05. The van der Waals surface area contributed by atoms with Crippen molar-refractivity contribution in [2.75, 3.05) is 5.32 Å². The Labute approximate surface area is 165 Å². The van der Waals surface area contributed by atoms with Crippen LogP contribution >= 0.6 is 0 Å². The van der Waals surface area contributed by atoms with Crippen molar-refractivity contribution in [3.8, 4) is 11.6 Å². The van der Waals surface area contributed by atoms with Crippen LogP contribution in [0, 0.1) is 13.8 Å². The highest BCUT2D eigenvalue weighted by molar-refractivity contribution is 5.96. The summed E-state index contributed by atoms with van der Waals surface area (Å²) in [5, 5.41) is 5.19. The molecule has 0 aliphatic heterocycles. The van der Waals surface area contributed by atoms with Crippen LogP contribution < -0.4 is 15.4 Å². The van der Waals surface area contributed by atoms with Gasteiger partial charge in [0.15, 0.2) is 0 Å². The number of rotatable bonds is 5. The third-order valence-electron chi connectivity index (χ3n) is 3.69. The van der Waals surface area contributed by atoms with Crippen molar-refractivity contribution in [2.24, 2.45) is 0 Å². The van der Waals surface area contributed by atoms with Gasteiger partial charge in [0.05, 0.1) is 11.9 Å². The Bertz CT molecular complexity index is 842. The fraction of sp³-hybridized carbons (Fsp3) is 0.381. The van der Waals surface area contributed by atoms with Crippen LogP contribution in [-0.4, -0.2) is 28.6 Å². The van der Waals surface area contributed by atoms with Crippen molar-refractivity contribution in [3.05, 3.63) is 47.7 Å². The van der Waals surface area contributed by atoms with Crippen molar-refractivity contribution in [1.82, 2.24) is 10.3 Å². The summed E-state index contributed by atoms with van der Waals surface area (Å²) in [5.74, 6) is 0.780. The number of anilines is 1. The lowest BCUT2D eigenvalue weighted by Crippen LogP contribution is -2.43. The molecule has 0 aliphatic carbocycles. The van der Waals surface area contributed by atoms with Crippen LogP contribution in [0.2, 0.25) is 0 Å². The minimum Gasteiger partial charge on any atom is -0.444 e. The molecule has 1 atom stereocenters. The third kappa shape index (κ3) is 6.57. The number of aromatic nitrogens is 1. The molecule has 28 heavy (non-hydrogen) atoms. The van der Waals surface area contributed by atoms with Crippen LogP contribution in [0.15, 0.2) is 36.5 Å². The van der Waals surface area contributed by atoms with Gasteiger partial charge in [-0.15, -0.1) is 0 Å². The molecule has 7 nitrogen and oxygen atoms in total. The minimum atomic E-state index is -0.763. The van der Waals surface area contributed by atoms with E-state index >= 15 is 0 Å². The Balaban J connectivity index is 1.93. The number of ether oxygens (including phenoxy) is 2. The Hall–Kier alpha value is -3.09. The first-order chi connectivity index (χ1) is 13.0. The predicted molar refractivity (Wildman–Crippen MR) is 108 cm³/mol. The van der Waals surface area contributed by atoms with Gasteiger partial charge >= 0.3 is 6.09 Å². The van der Waals surface area contributed by atoms with E-state index in [0.717, 1.165) is 16.9 Å². The maximum atomic E-state index is 12.2. The fourth-order valence-electron chi connectivity index (χ4n) is 2.24. The average molecular weight is 385 g/mol. The summed E-state index contributed by atoms with van der Waals surface area (Å²) in [6.45, 7) is 10.8. The molecule has 1 heterocycles. The predicted octanol–water partition coefficient (Wildman–Crippen LogP) is 4.34. The molecular weight excluding hydrogens is 358 g/mol. The van der Waals surface area contributed by atoms with E-state index < -0.39 is 17.7 Å². The van der Waals surface area contributed by atoms with Gasteiger partial charge in [-0.3, -0.25) is 4.79 Å². The molecule has 0 fully saturated rings. The second-order valence-electron chi connectivity index (χ2n) is 7.61. The second-order valence-corrected chi connectivity index (χ2v) is 7.61. The number of alkyl carbamates (subject to hydrolysis) is 1. The Kier molecular flexibility index (Phi) is 6.62. The lowest BCUT2D eigenvalue weighted by molar-refractivity contribution is -0.117. The molecule has 2 rings (SSSR count). The zero-order valence-corrected chi connectivity index (χ0v) is 17.1. The smallest absolute Gasteiger partial charge is 0.408 e. The maximum absolute atomic E-state index is 12.2. The first kappa shape index (κ1) is 21.2. The molecule has 7 heteroatoms. The normalized spacial score (nSPS) is 12.1. The van der Waals surface area contributed by atoms with Gasteiger partial charge in [0.1, 0.15) is 17.4 Å². The van der Waals surface area contributed by atoms with Crippen molar-refractivity contribution in [2.45, 2.75) is 53.2 Å². The second kappa shape index (κ2) is 8.73. The van der Waals surface area contributed by atoms with Gasteiger partial charge in [0.2, 0.25) is 11.8 Å². The van der Waals surface area contributed by atoms with Crippen LogP contribution in [-0.2, 0) is 9.53 Å². The van der Waals surface area contributed by atoms with Gasteiger partial charge in [-0.25, -0.2) is 9.78 Å². The molecule has 2 amide bonds. The van der Waals surface area contributed by atoms with Gasteiger partial charge in [-0.05, 0) is 64.8 Å². The summed E-state index contributed by atoms with van der Waals surface area (Å²) in [7, 11) is 0. The van der Waals surface area contributed by atoms with Crippen molar-refractivity contribution in [3.63, 3.8) is 0 Å². The highest BCUT2D eigenvalue weighted by Crippen LogP contribution is 2.25. The monoisotopic (exact) mass is 385 g/mol. The number of nitrogens with zero attached hydrogens (tertiary/aromatic N) is 1. The zero-order valence-electron chi connectivity index (χ0n) is 17.1. The molecule has 0 spiro atoms. The molecule has 150 valence electrons.